The van der Waals surface area contributed by atoms with Crippen LogP contribution in [0.2, 0.25) is 0 Å². The number of anilines is 2. The molecule has 0 atom stereocenters. The highest BCUT2D eigenvalue weighted by molar-refractivity contribution is 7.14. The molecule has 1 N–H and O–H groups in total. The summed E-state index contributed by atoms with van der Waals surface area (Å²) in [4.78, 5) is 29.5. The first-order valence-corrected chi connectivity index (χ1v) is 11.4. The number of hydrogen-bond donors (Lipinski definition) is 1. The Hall–Kier alpha value is -2.86. The van der Waals surface area contributed by atoms with Gasteiger partial charge in [0.1, 0.15) is 6.26 Å². The first kappa shape index (κ1) is 19.1. The summed E-state index contributed by atoms with van der Waals surface area (Å²) in [5.74, 6) is -0.105. The lowest BCUT2D eigenvalue weighted by Crippen LogP contribution is -2.28. The number of nitrogens with one attached hydrogen (secondary N) is 1. The summed E-state index contributed by atoms with van der Waals surface area (Å²) in [6, 6.07) is 9.54. The molecule has 1 aromatic carbocycles. The molecule has 2 amide bonds. The summed E-state index contributed by atoms with van der Waals surface area (Å²) < 4.78 is 5.04. The summed E-state index contributed by atoms with van der Waals surface area (Å²) in [7, 11) is 0. The maximum atomic E-state index is 12.9. The molecule has 6 heteroatoms. The van der Waals surface area contributed by atoms with Gasteiger partial charge in [-0.2, -0.15) is 0 Å². The number of rotatable bonds is 3. The van der Waals surface area contributed by atoms with E-state index in [0.717, 1.165) is 41.1 Å². The van der Waals surface area contributed by atoms with Crippen LogP contribution in [0.25, 0.3) is 0 Å². The van der Waals surface area contributed by atoms with E-state index in [4.69, 9.17) is 4.42 Å². The number of hydrogen-bond acceptors (Lipinski definition) is 4. The number of benzene rings is 1. The van der Waals surface area contributed by atoms with E-state index in [1.165, 1.54) is 48.7 Å². The summed E-state index contributed by atoms with van der Waals surface area (Å²) in [5, 5.41) is 3.05. The predicted molar refractivity (Wildman–Crippen MR) is 119 cm³/mol. The first-order chi connectivity index (χ1) is 14.7. The molecule has 0 fully saturated rings. The Kier molecular flexibility index (Phi) is 5.17. The quantitative estimate of drug-likeness (QED) is 0.612. The van der Waals surface area contributed by atoms with E-state index in [0.29, 0.717) is 12.1 Å². The van der Waals surface area contributed by atoms with Gasteiger partial charge in [0.2, 0.25) is 0 Å². The van der Waals surface area contributed by atoms with Gasteiger partial charge in [-0.15, -0.1) is 11.3 Å². The van der Waals surface area contributed by atoms with Crippen LogP contribution in [0, 0.1) is 0 Å². The minimum Gasteiger partial charge on any atom is -0.472 e. The zero-order chi connectivity index (χ0) is 20.5. The van der Waals surface area contributed by atoms with Gasteiger partial charge in [0.25, 0.3) is 11.8 Å². The monoisotopic (exact) mass is 420 g/mol. The van der Waals surface area contributed by atoms with Crippen LogP contribution in [0.4, 0.5) is 11.4 Å². The van der Waals surface area contributed by atoms with E-state index in [-0.39, 0.29) is 11.8 Å². The Morgan fingerprint density at radius 2 is 1.83 bits per heavy atom. The Morgan fingerprint density at radius 1 is 0.967 bits per heavy atom. The molecule has 1 aliphatic carbocycles. The largest absolute Gasteiger partial charge is 0.472 e. The van der Waals surface area contributed by atoms with Crippen molar-refractivity contribution in [2.24, 2.45) is 0 Å². The van der Waals surface area contributed by atoms with Crippen molar-refractivity contribution in [3.63, 3.8) is 0 Å². The molecule has 2 aromatic heterocycles. The number of aryl methyl sites for hydroxylation is 2. The topological polar surface area (TPSA) is 62.6 Å². The van der Waals surface area contributed by atoms with Gasteiger partial charge in [-0.05, 0) is 73.6 Å². The van der Waals surface area contributed by atoms with E-state index >= 15 is 0 Å². The van der Waals surface area contributed by atoms with Crippen molar-refractivity contribution in [2.75, 3.05) is 16.8 Å². The lowest BCUT2D eigenvalue weighted by Gasteiger charge is -2.16. The average molecular weight is 421 g/mol. The fourth-order valence-corrected chi connectivity index (χ4v) is 5.53. The Bertz CT molecular complexity index is 1060. The number of fused-ring (bicyclic) bond motifs is 2. The van der Waals surface area contributed by atoms with Gasteiger partial charge in [-0.25, -0.2) is 0 Å². The van der Waals surface area contributed by atoms with E-state index in [9.17, 15) is 9.59 Å². The second kappa shape index (κ2) is 8.11. The summed E-state index contributed by atoms with van der Waals surface area (Å²) >= 11 is 1.64. The molecule has 0 radical (unpaired) electrons. The van der Waals surface area contributed by atoms with Crippen molar-refractivity contribution in [3.8, 4) is 0 Å². The molecule has 2 aliphatic rings. The Morgan fingerprint density at radius 3 is 2.67 bits per heavy atom. The van der Waals surface area contributed by atoms with Crippen molar-refractivity contribution in [3.05, 3.63) is 69.3 Å². The van der Waals surface area contributed by atoms with Crippen LogP contribution in [-0.2, 0) is 19.3 Å². The van der Waals surface area contributed by atoms with Crippen LogP contribution in [0.5, 0.6) is 0 Å². The maximum absolute atomic E-state index is 12.9. The van der Waals surface area contributed by atoms with Gasteiger partial charge >= 0.3 is 0 Å². The summed E-state index contributed by atoms with van der Waals surface area (Å²) in [6.45, 7) is 0.633. The van der Waals surface area contributed by atoms with Crippen LogP contribution >= 0.6 is 11.3 Å². The third-order valence-electron chi connectivity index (χ3n) is 5.97. The molecule has 5 nitrogen and oxygen atoms in total. The highest BCUT2D eigenvalue weighted by Gasteiger charge is 2.26. The fourth-order valence-electron chi connectivity index (χ4n) is 4.38. The van der Waals surface area contributed by atoms with Gasteiger partial charge in [0, 0.05) is 22.8 Å². The second-order valence-corrected chi connectivity index (χ2v) is 9.13. The number of nitrogens with zero attached hydrogens (tertiary/aromatic N) is 1. The molecule has 3 heterocycles. The molecule has 0 saturated heterocycles. The molecule has 0 spiro atoms. The van der Waals surface area contributed by atoms with Crippen molar-refractivity contribution in [2.45, 2.75) is 44.9 Å². The average Bonchev–Trinajstić information content (AvgIpc) is 3.47. The van der Waals surface area contributed by atoms with Crippen molar-refractivity contribution < 1.29 is 14.0 Å². The van der Waals surface area contributed by atoms with Crippen LogP contribution in [-0.4, -0.2) is 18.4 Å². The predicted octanol–water partition coefficient (Wildman–Crippen LogP) is 5.46. The number of carbonyl (C=O) groups excluding carboxylic acids is 2. The minimum absolute atomic E-state index is 0.0453. The van der Waals surface area contributed by atoms with Gasteiger partial charge in [0.05, 0.1) is 16.7 Å². The van der Waals surface area contributed by atoms with E-state index in [1.54, 1.807) is 22.3 Å². The SMILES string of the molecule is O=C(Nc1ccc2c(c1)CCN2C(=O)c1ccoc1)c1cc2c(s1)CCCCCC2. The molecule has 5 rings (SSSR count). The highest BCUT2D eigenvalue weighted by Crippen LogP contribution is 2.33. The Balaban J connectivity index is 1.31. The third-order valence-corrected chi connectivity index (χ3v) is 7.20. The van der Waals surface area contributed by atoms with Crippen molar-refractivity contribution in [1.82, 2.24) is 0 Å². The van der Waals surface area contributed by atoms with Crippen molar-refractivity contribution in [1.29, 1.82) is 0 Å². The molecule has 154 valence electrons. The number of thiophene rings is 1. The Labute approximate surface area is 179 Å². The number of carbonyl (C=O) groups is 2. The number of furan rings is 1. The van der Waals surface area contributed by atoms with Crippen LogP contribution in [0.1, 0.15) is 61.7 Å². The maximum Gasteiger partial charge on any atom is 0.265 e. The van der Waals surface area contributed by atoms with Crippen LogP contribution in [0.15, 0.2) is 47.3 Å². The first-order valence-electron chi connectivity index (χ1n) is 10.6. The zero-order valence-corrected chi connectivity index (χ0v) is 17.6. The lowest BCUT2D eigenvalue weighted by atomic mass is 10.00. The van der Waals surface area contributed by atoms with Gasteiger partial charge in [-0.3, -0.25) is 9.59 Å². The smallest absolute Gasteiger partial charge is 0.265 e. The van der Waals surface area contributed by atoms with E-state index < -0.39 is 0 Å². The normalized spacial score (nSPS) is 15.8. The molecule has 3 aromatic rings. The molecule has 0 unspecified atom stereocenters. The van der Waals surface area contributed by atoms with Gasteiger partial charge < -0.3 is 14.6 Å². The molecule has 30 heavy (non-hydrogen) atoms. The fraction of sp³-hybridized carbons (Fsp3) is 0.333. The number of amides is 2. The van der Waals surface area contributed by atoms with Crippen LogP contribution < -0.4 is 10.2 Å². The molecule has 1 aliphatic heterocycles. The molecule has 0 bridgehead atoms. The van der Waals surface area contributed by atoms with E-state index in [1.807, 2.05) is 18.2 Å². The van der Waals surface area contributed by atoms with Gasteiger partial charge in [-0.1, -0.05) is 12.8 Å². The van der Waals surface area contributed by atoms with Crippen LogP contribution in [0.3, 0.4) is 0 Å². The lowest BCUT2D eigenvalue weighted by molar-refractivity contribution is 0.0987. The highest BCUT2D eigenvalue weighted by atomic mass is 32.1. The zero-order valence-electron chi connectivity index (χ0n) is 16.8. The molecular formula is C24H24N2O3S. The summed E-state index contributed by atoms with van der Waals surface area (Å²) in [6.07, 6.45) is 10.9. The second-order valence-electron chi connectivity index (χ2n) is 7.99. The van der Waals surface area contributed by atoms with Gasteiger partial charge in [0.15, 0.2) is 0 Å². The van der Waals surface area contributed by atoms with E-state index in [2.05, 4.69) is 11.4 Å². The minimum atomic E-state index is -0.0599. The van der Waals surface area contributed by atoms with Crippen molar-refractivity contribution >= 4 is 34.5 Å². The third kappa shape index (κ3) is 3.67. The molecular weight excluding hydrogens is 396 g/mol. The standard InChI is InChI=1S/C24H24N2O3S/c27-23(22-14-17-5-3-1-2-4-6-21(17)30-22)25-19-7-8-20-16(13-19)9-11-26(20)24(28)18-10-12-29-15-18/h7-8,10,12-15H,1-6,9,11H2,(H,25,27). The summed E-state index contributed by atoms with van der Waals surface area (Å²) in [5.41, 5.74) is 4.65. The molecule has 0 saturated carbocycles.